The molecule has 5 rings (SSSR count). The number of aryl methyl sites for hydroxylation is 1. The smallest absolute Gasteiger partial charge is 0.323 e. The molecule has 0 unspecified atom stereocenters. The van der Waals surface area contributed by atoms with E-state index in [1.807, 2.05) is 42.6 Å². The van der Waals surface area contributed by atoms with Crippen molar-refractivity contribution >= 4 is 64.5 Å². The van der Waals surface area contributed by atoms with Crippen LogP contribution in [0.2, 0.25) is 0 Å². The van der Waals surface area contributed by atoms with Crippen molar-refractivity contribution in [3.8, 4) is 11.3 Å². The molecule has 3 amide bonds. The third kappa shape index (κ3) is 6.68. The fourth-order valence-electron chi connectivity index (χ4n) is 3.70. The van der Waals surface area contributed by atoms with Crippen LogP contribution in [0.25, 0.3) is 11.3 Å². The lowest BCUT2D eigenvalue weighted by molar-refractivity contribution is 0.102. The second kappa shape index (κ2) is 11.6. The van der Waals surface area contributed by atoms with Crippen molar-refractivity contribution in [3.05, 3.63) is 108 Å². The molecule has 2 radical (unpaired) electrons. The van der Waals surface area contributed by atoms with E-state index in [4.69, 9.17) is 7.85 Å². The number of benzene rings is 3. The number of carbonyl (C=O) groups is 2. The first kappa shape index (κ1) is 25.7. The van der Waals surface area contributed by atoms with E-state index < -0.39 is 6.03 Å². The van der Waals surface area contributed by atoms with E-state index in [0.29, 0.717) is 28.1 Å². The number of aromatic nitrogens is 2. The fourth-order valence-corrected chi connectivity index (χ4v) is 4.43. The predicted octanol–water partition coefficient (Wildman–Crippen LogP) is 5.95. The minimum Gasteiger partial charge on any atom is -0.331 e. The summed E-state index contributed by atoms with van der Waals surface area (Å²) in [5, 5.41) is 14.5. The molecule has 8 nitrogen and oxygen atoms in total. The lowest BCUT2D eigenvalue weighted by atomic mass is 9.96. The summed E-state index contributed by atoms with van der Waals surface area (Å²) in [5.74, 6) is -0.268. The van der Waals surface area contributed by atoms with Crippen LogP contribution in [-0.2, 0) is 0 Å². The Balaban J connectivity index is 1.20. The first-order valence-corrected chi connectivity index (χ1v) is 12.9. The summed E-state index contributed by atoms with van der Waals surface area (Å²) in [5.41, 5.74) is 6.52. The molecule has 10 heteroatoms. The molecule has 39 heavy (non-hydrogen) atoms. The van der Waals surface area contributed by atoms with Crippen molar-refractivity contribution in [2.75, 3.05) is 21.3 Å². The van der Waals surface area contributed by atoms with Gasteiger partial charge < -0.3 is 21.3 Å². The molecule has 0 aliphatic rings. The van der Waals surface area contributed by atoms with Gasteiger partial charge >= 0.3 is 6.03 Å². The largest absolute Gasteiger partial charge is 0.331 e. The minimum atomic E-state index is -0.399. The number of carbonyl (C=O) groups excluding carboxylic acids is 2. The molecular weight excluding hydrogens is 507 g/mol. The molecule has 0 aliphatic carbocycles. The van der Waals surface area contributed by atoms with Gasteiger partial charge in [0.25, 0.3) is 5.91 Å². The number of pyridine rings is 1. The maximum absolute atomic E-state index is 12.9. The zero-order valence-corrected chi connectivity index (χ0v) is 21.8. The van der Waals surface area contributed by atoms with Gasteiger partial charge in [0, 0.05) is 51.7 Å². The maximum Gasteiger partial charge on any atom is 0.323 e. The average molecular weight is 530 g/mol. The van der Waals surface area contributed by atoms with Crippen LogP contribution in [-0.4, -0.2) is 29.8 Å². The summed E-state index contributed by atoms with van der Waals surface area (Å²) < 4.78 is 0. The highest BCUT2D eigenvalue weighted by Gasteiger charge is 2.11. The maximum atomic E-state index is 12.9. The van der Waals surface area contributed by atoms with E-state index in [1.165, 1.54) is 11.3 Å². The molecule has 190 valence electrons. The second-order valence-electron chi connectivity index (χ2n) is 8.67. The number of hydrogen-bond acceptors (Lipinski definition) is 6. The standard InChI is InChI=1S/C29H23BN6O2S/c1-18-4-9-24(15-25(18)35-29-36-26(17-39-29)20-3-2-14-31-16-20)32-27(37)19-5-10-22(11-6-19)33-28(38)34-23-12-7-21(30)8-13-23/h2-17H,1H3,(H,32,37)(H,35,36)(H2,33,34,38). The highest BCUT2D eigenvalue weighted by molar-refractivity contribution is 7.14. The monoisotopic (exact) mass is 530 g/mol. The third-order valence-electron chi connectivity index (χ3n) is 5.77. The van der Waals surface area contributed by atoms with Gasteiger partial charge in [0.15, 0.2) is 5.13 Å². The zero-order valence-electron chi connectivity index (χ0n) is 20.9. The molecular formula is C29H23BN6O2S. The van der Waals surface area contributed by atoms with Gasteiger partial charge in [0.2, 0.25) is 0 Å². The summed E-state index contributed by atoms with van der Waals surface area (Å²) in [7, 11) is 5.66. The van der Waals surface area contributed by atoms with Crippen LogP contribution in [0.5, 0.6) is 0 Å². The van der Waals surface area contributed by atoms with Crippen molar-refractivity contribution in [2.24, 2.45) is 0 Å². The van der Waals surface area contributed by atoms with E-state index in [9.17, 15) is 9.59 Å². The molecule has 3 aromatic carbocycles. The number of anilines is 5. The number of thiazole rings is 1. The van der Waals surface area contributed by atoms with Crippen LogP contribution in [0, 0.1) is 6.92 Å². The van der Waals surface area contributed by atoms with Crippen LogP contribution < -0.4 is 26.7 Å². The molecule has 0 saturated heterocycles. The van der Waals surface area contributed by atoms with Crippen molar-refractivity contribution in [1.82, 2.24) is 9.97 Å². The van der Waals surface area contributed by atoms with Crippen molar-refractivity contribution in [3.63, 3.8) is 0 Å². The second-order valence-corrected chi connectivity index (χ2v) is 9.53. The van der Waals surface area contributed by atoms with Gasteiger partial charge in [-0.3, -0.25) is 9.78 Å². The molecule has 5 aromatic rings. The van der Waals surface area contributed by atoms with Gasteiger partial charge in [-0.05, 0) is 73.2 Å². The summed E-state index contributed by atoms with van der Waals surface area (Å²) >= 11 is 1.49. The quantitative estimate of drug-likeness (QED) is 0.195. The summed E-state index contributed by atoms with van der Waals surface area (Å²) in [6.45, 7) is 1.98. The third-order valence-corrected chi connectivity index (χ3v) is 6.53. The Morgan fingerprint density at radius 1 is 0.846 bits per heavy atom. The Kier molecular flexibility index (Phi) is 7.65. The first-order chi connectivity index (χ1) is 18.9. The van der Waals surface area contributed by atoms with Gasteiger partial charge in [0.05, 0.1) is 5.69 Å². The lowest BCUT2D eigenvalue weighted by Crippen LogP contribution is -2.20. The van der Waals surface area contributed by atoms with Crippen LogP contribution in [0.15, 0.2) is 96.6 Å². The molecule has 0 bridgehead atoms. The highest BCUT2D eigenvalue weighted by Crippen LogP contribution is 2.29. The van der Waals surface area contributed by atoms with Gasteiger partial charge in [-0.25, -0.2) is 9.78 Å². The number of urea groups is 1. The number of nitrogens with one attached hydrogen (secondary N) is 4. The molecule has 2 aromatic heterocycles. The Morgan fingerprint density at radius 2 is 1.54 bits per heavy atom. The summed E-state index contributed by atoms with van der Waals surface area (Å²) in [4.78, 5) is 33.9. The minimum absolute atomic E-state index is 0.268. The number of rotatable bonds is 7. The predicted molar refractivity (Wildman–Crippen MR) is 159 cm³/mol. The normalized spacial score (nSPS) is 10.5. The van der Waals surface area contributed by atoms with Gasteiger partial charge in [0.1, 0.15) is 7.85 Å². The average Bonchev–Trinajstić information content (AvgIpc) is 3.41. The highest BCUT2D eigenvalue weighted by atomic mass is 32.1. The van der Waals surface area contributed by atoms with Crippen LogP contribution in [0.4, 0.5) is 32.7 Å². The molecule has 0 atom stereocenters. The fraction of sp³-hybridized carbons (Fsp3) is 0.0345. The van der Waals surface area contributed by atoms with Gasteiger partial charge in [-0.1, -0.05) is 23.7 Å². The molecule has 4 N–H and O–H groups in total. The van der Waals surface area contributed by atoms with E-state index >= 15 is 0 Å². The van der Waals surface area contributed by atoms with Crippen molar-refractivity contribution < 1.29 is 9.59 Å². The van der Waals surface area contributed by atoms with Crippen LogP contribution in [0.1, 0.15) is 15.9 Å². The summed E-state index contributed by atoms with van der Waals surface area (Å²) in [6.07, 6.45) is 3.51. The Bertz CT molecular complexity index is 1610. The van der Waals surface area contributed by atoms with Gasteiger partial charge in [-0.2, -0.15) is 0 Å². The van der Waals surface area contributed by atoms with E-state index in [2.05, 4.69) is 31.2 Å². The molecule has 0 spiro atoms. The van der Waals surface area contributed by atoms with Crippen LogP contribution in [0.3, 0.4) is 0 Å². The topological polar surface area (TPSA) is 108 Å². The molecule has 2 heterocycles. The van der Waals surface area contributed by atoms with Crippen molar-refractivity contribution in [1.29, 1.82) is 0 Å². The number of nitrogens with zero attached hydrogens (tertiary/aromatic N) is 2. The number of hydrogen-bond donors (Lipinski definition) is 4. The number of amides is 3. The lowest BCUT2D eigenvalue weighted by Gasteiger charge is -2.11. The molecule has 0 aliphatic heterocycles. The Labute approximate surface area is 231 Å². The molecule has 0 fully saturated rings. The van der Waals surface area contributed by atoms with E-state index in [0.717, 1.165) is 27.6 Å². The SMILES string of the molecule is [B]c1ccc(NC(=O)Nc2ccc(C(=O)Nc3ccc(C)c(Nc4nc(-c5cccnc5)cs4)c3)cc2)cc1. The Hall–Kier alpha value is -4.96. The van der Waals surface area contributed by atoms with Gasteiger partial charge in [-0.15, -0.1) is 11.3 Å². The zero-order chi connectivity index (χ0) is 27.2. The van der Waals surface area contributed by atoms with E-state index in [-0.39, 0.29) is 5.91 Å². The van der Waals surface area contributed by atoms with Crippen LogP contribution >= 0.6 is 11.3 Å². The summed E-state index contributed by atoms with van der Waals surface area (Å²) in [6, 6.07) is 22.6. The Morgan fingerprint density at radius 3 is 2.23 bits per heavy atom. The first-order valence-electron chi connectivity index (χ1n) is 12.0. The molecule has 0 saturated carbocycles. The van der Waals surface area contributed by atoms with E-state index in [1.54, 1.807) is 60.9 Å². The van der Waals surface area contributed by atoms with Crippen molar-refractivity contribution in [2.45, 2.75) is 6.92 Å².